The van der Waals surface area contributed by atoms with Crippen LogP contribution in [-0.2, 0) is 24.7 Å². The molecule has 0 saturated carbocycles. The lowest BCUT2D eigenvalue weighted by molar-refractivity contribution is -0.124. The summed E-state index contributed by atoms with van der Waals surface area (Å²) in [4.78, 5) is 12.6. The van der Waals surface area contributed by atoms with E-state index in [1.807, 2.05) is 0 Å². The standard InChI is InChI=1S/C22H24Cl2N2O6S2/c1-32-20-9-6-18(24)14-21(20)34(30,31)26-12-10-16(15-26)22(27)25-11-2-3-13-33(28,29)19-7-4-17(23)5-8-19/h3-9,13-14,16H,2,10-12,15H2,1H3,(H,25,27)/b13-3+/t16-/m0/s1. The number of amides is 1. The van der Waals surface area contributed by atoms with Gasteiger partial charge in [-0.1, -0.05) is 29.3 Å². The van der Waals surface area contributed by atoms with Gasteiger partial charge in [0.25, 0.3) is 0 Å². The number of hydrogen-bond donors (Lipinski definition) is 1. The number of sulfone groups is 1. The molecule has 1 aliphatic rings. The Kier molecular flexibility index (Phi) is 8.64. The van der Waals surface area contributed by atoms with E-state index in [4.69, 9.17) is 27.9 Å². The Morgan fingerprint density at radius 2 is 1.79 bits per heavy atom. The minimum absolute atomic E-state index is 0.0324. The number of carbonyl (C=O) groups is 1. The molecule has 8 nitrogen and oxygen atoms in total. The molecule has 0 unspecified atom stereocenters. The summed E-state index contributed by atoms with van der Waals surface area (Å²) >= 11 is 11.7. The van der Waals surface area contributed by atoms with Crippen molar-refractivity contribution in [3.8, 4) is 5.75 Å². The van der Waals surface area contributed by atoms with Crippen LogP contribution in [0.25, 0.3) is 0 Å². The highest BCUT2D eigenvalue weighted by Crippen LogP contribution is 2.32. The SMILES string of the molecule is COc1ccc(Cl)cc1S(=O)(=O)N1CC[C@H](C(=O)NCC/C=C/S(=O)(=O)c2ccc(Cl)cc2)C1. The second-order valence-corrected chi connectivity index (χ2v) is 12.2. The van der Waals surface area contributed by atoms with Crippen LogP contribution >= 0.6 is 23.2 Å². The summed E-state index contributed by atoms with van der Waals surface area (Å²) in [6.07, 6.45) is 2.13. The van der Waals surface area contributed by atoms with E-state index in [-0.39, 0.29) is 46.1 Å². The molecule has 2 aromatic rings. The number of benzene rings is 2. The number of sulfonamides is 1. The molecule has 0 aromatic heterocycles. The molecular weight excluding hydrogens is 523 g/mol. The zero-order chi connectivity index (χ0) is 24.9. The molecule has 12 heteroatoms. The third kappa shape index (κ3) is 6.31. The second-order valence-electron chi connectivity index (χ2n) is 7.59. The van der Waals surface area contributed by atoms with Crippen LogP contribution in [0, 0.1) is 5.92 Å². The Hall–Kier alpha value is -2.11. The third-order valence-electron chi connectivity index (χ3n) is 5.29. The molecule has 1 aliphatic heterocycles. The van der Waals surface area contributed by atoms with Crippen LogP contribution < -0.4 is 10.1 Å². The first-order valence-electron chi connectivity index (χ1n) is 10.3. The average molecular weight is 547 g/mol. The Labute approximate surface area is 209 Å². The summed E-state index contributed by atoms with van der Waals surface area (Å²) in [6.45, 7) is 0.441. The molecule has 34 heavy (non-hydrogen) atoms. The second kappa shape index (κ2) is 11.1. The molecule has 3 rings (SSSR count). The maximum absolute atomic E-state index is 13.0. The minimum Gasteiger partial charge on any atom is -0.495 e. The van der Waals surface area contributed by atoms with Crippen molar-refractivity contribution >= 4 is 49.0 Å². The smallest absolute Gasteiger partial charge is 0.246 e. The largest absolute Gasteiger partial charge is 0.495 e. The fourth-order valence-corrected chi connectivity index (χ4v) is 6.58. The fourth-order valence-electron chi connectivity index (χ4n) is 3.47. The molecule has 0 aliphatic carbocycles. The van der Waals surface area contributed by atoms with Crippen LogP contribution in [0.5, 0.6) is 5.75 Å². The highest BCUT2D eigenvalue weighted by Gasteiger charge is 2.37. The van der Waals surface area contributed by atoms with Gasteiger partial charge < -0.3 is 10.1 Å². The average Bonchev–Trinajstić information content (AvgIpc) is 3.30. The van der Waals surface area contributed by atoms with Crippen molar-refractivity contribution in [3.05, 3.63) is 64.0 Å². The molecule has 0 spiro atoms. The van der Waals surface area contributed by atoms with E-state index in [0.717, 1.165) is 5.41 Å². The van der Waals surface area contributed by atoms with Crippen LogP contribution in [0.2, 0.25) is 10.0 Å². The number of methoxy groups -OCH3 is 1. The van der Waals surface area contributed by atoms with E-state index >= 15 is 0 Å². The van der Waals surface area contributed by atoms with Crippen molar-refractivity contribution in [1.29, 1.82) is 0 Å². The molecular formula is C22H24Cl2N2O6S2. The van der Waals surface area contributed by atoms with Gasteiger partial charge in [0.2, 0.25) is 15.9 Å². The minimum atomic E-state index is -3.89. The quantitative estimate of drug-likeness (QED) is 0.482. The number of nitrogens with zero attached hydrogens (tertiary/aromatic N) is 1. The Balaban J connectivity index is 1.53. The molecule has 0 radical (unpaired) electrons. The first kappa shape index (κ1) is 26.5. The summed E-state index contributed by atoms with van der Waals surface area (Å²) in [6, 6.07) is 10.2. The summed E-state index contributed by atoms with van der Waals surface area (Å²) < 4.78 is 57.0. The van der Waals surface area contributed by atoms with Gasteiger partial charge in [-0.2, -0.15) is 4.31 Å². The normalized spacial score (nSPS) is 17.2. The molecule has 0 bridgehead atoms. The first-order valence-corrected chi connectivity index (χ1v) is 14.1. The van der Waals surface area contributed by atoms with Gasteiger partial charge in [-0.3, -0.25) is 4.79 Å². The maximum atomic E-state index is 13.0. The lowest BCUT2D eigenvalue weighted by atomic mass is 10.1. The fraction of sp³-hybridized carbons (Fsp3) is 0.318. The van der Waals surface area contributed by atoms with Gasteiger partial charge in [0.1, 0.15) is 10.6 Å². The number of halogens is 2. The van der Waals surface area contributed by atoms with Gasteiger partial charge in [-0.25, -0.2) is 16.8 Å². The summed E-state index contributed by atoms with van der Waals surface area (Å²) in [7, 11) is -6.11. The first-order chi connectivity index (χ1) is 16.0. The molecule has 1 fully saturated rings. The van der Waals surface area contributed by atoms with E-state index in [1.54, 1.807) is 0 Å². The van der Waals surface area contributed by atoms with Crippen LogP contribution in [-0.4, -0.2) is 53.8 Å². The molecule has 2 aromatic carbocycles. The maximum Gasteiger partial charge on any atom is 0.246 e. The van der Waals surface area contributed by atoms with Gasteiger partial charge in [-0.15, -0.1) is 0 Å². The highest BCUT2D eigenvalue weighted by molar-refractivity contribution is 7.94. The van der Waals surface area contributed by atoms with Crippen LogP contribution in [0.15, 0.2) is 63.7 Å². The summed E-state index contributed by atoms with van der Waals surface area (Å²) in [5.74, 6) is -0.621. The predicted molar refractivity (Wildman–Crippen MR) is 130 cm³/mol. The van der Waals surface area contributed by atoms with Gasteiger partial charge in [0.05, 0.1) is 17.9 Å². The van der Waals surface area contributed by atoms with Gasteiger partial charge in [-0.05, 0) is 55.3 Å². The van der Waals surface area contributed by atoms with Crippen molar-refractivity contribution in [2.45, 2.75) is 22.6 Å². The third-order valence-corrected chi connectivity index (χ3v) is 9.15. The van der Waals surface area contributed by atoms with E-state index in [2.05, 4.69) is 5.32 Å². The molecule has 1 N–H and O–H groups in total. The molecule has 1 amide bonds. The van der Waals surface area contributed by atoms with Crippen LogP contribution in [0.3, 0.4) is 0 Å². The lowest BCUT2D eigenvalue weighted by Gasteiger charge is -2.18. The number of hydrogen-bond acceptors (Lipinski definition) is 6. The van der Waals surface area contributed by atoms with E-state index in [0.29, 0.717) is 17.9 Å². The van der Waals surface area contributed by atoms with Crippen molar-refractivity contribution in [2.24, 2.45) is 5.92 Å². The zero-order valence-electron chi connectivity index (χ0n) is 18.3. The lowest BCUT2D eigenvalue weighted by Crippen LogP contribution is -2.35. The number of rotatable bonds is 9. The monoisotopic (exact) mass is 546 g/mol. The number of nitrogens with one attached hydrogen (secondary N) is 1. The van der Waals surface area contributed by atoms with Gasteiger partial charge >= 0.3 is 0 Å². The van der Waals surface area contributed by atoms with Crippen molar-refractivity contribution in [2.75, 3.05) is 26.7 Å². The topological polar surface area (TPSA) is 110 Å². The van der Waals surface area contributed by atoms with Crippen molar-refractivity contribution < 1.29 is 26.4 Å². The molecule has 1 saturated heterocycles. The molecule has 1 atom stereocenters. The van der Waals surface area contributed by atoms with E-state index in [9.17, 15) is 21.6 Å². The van der Waals surface area contributed by atoms with Gasteiger partial charge in [0.15, 0.2) is 9.84 Å². The van der Waals surface area contributed by atoms with Crippen LogP contribution in [0.1, 0.15) is 12.8 Å². The Morgan fingerprint density at radius 3 is 2.47 bits per heavy atom. The van der Waals surface area contributed by atoms with E-state index < -0.39 is 25.8 Å². The Morgan fingerprint density at radius 1 is 1.12 bits per heavy atom. The predicted octanol–water partition coefficient (Wildman–Crippen LogP) is 3.51. The number of carbonyl (C=O) groups excluding carboxylic acids is 1. The Bertz CT molecular complexity index is 1280. The summed E-state index contributed by atoms with van der Waals surface area (Å²) in [5.41, 5.74) is 0. The highest BCUT2D eigenvalue weighted by atomic mass is 35.5. The van der Waals surface area contributed by atoms with Crippen molar-refractivity contribution in [1.82, 2.24) is 9.62 Å². The number of ether oxygens (including phenoxy) is 1. The van der Waals surface area contributed by atoms with E-state index in [1.165, 1.54) is 60.0 Å². The zero-order valence-corrected chi connectivity index (χ0v) is 21.4. The molecule has 1 heterocycles. The van der Waals surface area contributed by atoms with Crippen LogP contribution in [0.4, 0.5) is 0 Å². The molecule has 184 valence electrons. The van der Waals surface area contributed by atoms with Crippen molar-refractivity contribution in [3.63, 3.8) is 0 Å². The van der Waals surface area contributed by atoms with Gasteiger partial charge in [0, 0.05) is 35.1 Å². The summed E-state index contributed by atoms with van der Waals surface area (Å²) in [5, 5.41) is 4.52.